The molecule has 6 heteroatoms. The second-order valence-corrected chi connectivity index (χ2v) is 5.25. The first-order valence-electron chi connectivity index (χ1n) is 5.56. The lowest BCUT2D eigenvalue weighted by atomic mass is 10.1. The van der Waals surface area contributed by atoms with E-state index in [-0.39, 0.29) is 16.6 Å². The monoisotopic (exact) mass is 337 g/mol. The molecule has 0 spiro atoms. The Hall–Kier alpha value is -0.680. The Kier molecular flexibility index (Phi) is 4.22. The molecule has 1 fully saturated rings. The van der Waals surface area contributed by atoms with Gasteiger partial charge in [0.05, 0.1) is 10.6 Å². The first-order valence-corrected chi connectivity index (χ1v) is 7.06. The predicted molar refractivity (Wildman–Crippen MR) is 69.2 cm³/mol. The Bertz CT molecular complexity index is 483. The van der Waals surface area contributed by atoms with Crippen LogP contribution in [0.25, 0.3) is 0 Å². The van der Waals surface area contributed by atoms with Crippen LogP contribution in [0.2, 0.25) is 5.02 Å². The Morgan fingerprint density at radius 2 is 2.17 bits per heavy atom. The highest BCUT2D eigenvalue weighted by Crippen LogP contribution is 2.25. The molecule has 0 radical (unpaired) electrons. The van der Waals surface area contributed by atoms with Crippen LogP contribution in [0.5, 0.6) is 0 Å². The summed E-state index contributed by atoms with van der Waals surface area (Å²) < 4.78 is 27.0. The van der Waals surface area contributed by atoms with Crippen molar-refractivity contribution < 1.29 is 13.6 Å². The van der Waals surface area contributed by atoms with Crippen molar-refractivity contribution in [2.24, 2.45) is 0 Å². The molecule has 1 unspecified atom stereocenters. The normalized spacial score (nSPS) is 19.3. The number of rotatable bonds is 2. The number of benzene rings is 1. The van der Waals surface area contributed by atoms with E-state index in [0.29, 0.717) is 11.9 Å². The minimum Gasteiger partial charge on any atom is -0.335 e. The summed E-state index contributed by atoms with van der Waals surface area (Å²) in [6.07, 6.45) is 1.74. The van der Waals surface area contributed by atoms with Gasteiger partial charge in [-0.15, -0.1) is 0 Å². The number of hydrogen-bond donors (Lipinski definition) is 0. The maximum absolute atomic E-state index is 13.7. The molecular formula is C12H11BrClF2NO. The molecule has 1 heterocycles. The summed E-state index contributed by atoms with van der Waals surface area (Å²) in [6.45, 7) is 0.568. The number of amides is 1. The van der Waals surface area contributed by atoms with Crippen molar-refractivity contribution in [2.75, 3.05) is 11.9 Å². The third-order valence-corrected chi connectivity index (χ3v) is 4.09. The van der Waals surface area contributed by atoms with Crippen LogP contribution in [-0.4, -0.2) is 28.7 Å². The molecule has 0 aliphatic carbocycles. The molecule has 1 aromatic rings. The van der Waals surface area contributed by atoms with Gasteiger partial charge in [0, 0.05) is 17.9 Å². The lowest BCUT2D eigenvalue weighted by Crippen LogP contribution is -2.37. The molecule has 0 aromatic heterocycles. The summed E-state index contributed by atoms with van der Waals surface area (Å²) in [5.41, 5.74) is -0.259. The highest BCUT2D eigenvalue weighted by atomic mass is 79.9. The van der Waals surface area contributed by atoms with E-state index in [0.717, 1.165) is 25.0 Å². The number of carbonyl (C=O) groups is 1. The molecular weight excluding hydrogens is 327 g/mol. The van der Waals surface area contributed by atoms with Gasteiger partial charge in [0.15, 0.2) is 0 Å². The van der Waals surface area contributed by atoms with Crippen molar-refractivity contribution in [3.8, 4) is 0 Å². The molecule has 1 aliphatic rings. The van der Waals surface area contributed by atoms with Crippen molar-refractivity contribution in [2.45, 2.75) is 18.9 Å². The number of likely N-dealkylation sites (tertiary alicyclic amines) is 1. The minimum atomic E-state index is -0.786. The number of nitrogens with zero attached hydrogens (tertiary/aromatic N) is 1. The van der Waals surface area contributed by atoms with Crippen molar-refractivity contribution in [1.29, 1.82) is 0 Å². The van der Waals surface area contributed by atoms with E-state index < -0.39 is 17.5 Å². The molecule has 1 atom stereocenters. The van der Waals surface area contributed by atoms with Gasteiger partial charge in [-0.25, -0.2) is 8.78 Å². The van der Waals surface area contributed by atoms with Crippen molar-refractivity contribution >= 4 is 33.4 Å². The summed E-state index contributed by atoms with van der Waals surface area (Å²) in [6, 6.07) is 1.74. The highest BCUT2D eigenvalue weighted by molar-refractivity contribution is 9.09. The second kappa shape index (κ2) is 5.53. The largest absolute Gasteiger partial charge is 0.335 e. The molecule has 0 bridgehead atoms. The number of halogens is 4. The standard InChI is InChI=1S/C12H11BrClF2NO/c13-6-7-2-1-3-17(7)12(18)8-4-11(16)9(14)5-10(8)15/h4-5,7H,1-3,6H2. The van der Waals surface area contributed by atoms with E-state index in [1.807, 2.05) is 0 Å². The fourth-order valence-corrected chi connectivity index (χ4v) is 2.93. The van der Waals surface area contributed by atoms with Crippen LogP contribution in [0.4, 0.5) is 8.78 Å². The molecule has 0 saturated carbocycles. The van der Waals surface area contributed by atoms with Crippen molar-refractivity contribution in [3.05, 3.63) is 34.4 Å². The van der Waals surface area contributed by atoms with Gasteiger partial charge in [-0.05, 0) is 25.0 Å². The van der Waals surface area contributed by atoms with Gasteiger partial charge in [-0.2, -0.15) is 0 Å². The summed E-state index contributed by atoms with van der Waals surface area (Å²) >= 11 is 8.78. The third-order valence-electron chi connectivity index (χ3n) is 3.06. The van der Waals surface area contributed by atoms with Crippen LogP contribution in [0.1, 0.15) is 23.2 Å². The van der Waals surface area contributed by atoms with Gasteiger partial charge in [-0.1, -0.05) is 27.5 Å². The number of carbonyl (C=O) groups excluding carboxylic acids is 1. The molecule has 1 saturated heterocycles. The maximum Gasteiger partial charge on any atom is 0.257 e. The molecule has 18 heavy (non-hydrogen) atoms. The quantitative estimate of drug-likeness (QED) is 0.596. The summed E-state index contributed by atoms with van der Waals surface area (Å²) in [5, 5.41) is 0.318. The average molecular weight is 339 g/mol. The summed E-state index contributed by atoms with van der Waals surface area (Å²) in [5.74, 6) is -2.05. The van der Waals surface area contributed by atoms with Crippen LogP contribution < -0.4 is 0 Å². The van der Waals surface area contributed by atoms with Crippen molar-refractivity contribution in [1.82, 2.24) is 4.90 Å². The summed E-state index contributed by atoms with van der Waals surface area (Å²) in [4.78, 5) is 13.7. The zero-order valence-corrected chi connectivity index (χ0v) is 11.8. The molecule has 1 aromatic carbocycles. The number of alkyl halides is 1. The topological polar surface area (TPSA) is 20.3 Å². The van der Waals surface area contributed by atoms with Crippen LogP contribution in [0.3, 0.4) is 0 Å². The second-order valence-electron chi connectivity index (χ2n) is 4.20. The van der Waals surface area contributed by atoms with Crippen LogP contribution >= 0.6 is 27.5 Å². The van der Waals surface area contributed by atoms with E-state index in [4.69, 9.17) is 11.6 Å². The highest BCUT2D eigenvalue weighted by Gasteiger charge is 2.30. The first kappa shape index (κ1) is 13.7. The van der Waals surface area contributed by atoms with Crippen LogP contribution in [0.15, 0.2) is 12.1 Å². The van der Waals surface area contributed by atoms with E-state index >= 15 is 0 Å². The van der Waals surface area contributed by atoms with Crippen molar-refractivity contribution in [3.63, 3.8) is 0 Å². The lowest BCUT2D eigenvalue weighted by Gasteiger charge is -2.23. The smallest absolute Gasteiger partial charge is 0.257 e. The zero-order chi connectivity index (χ0) is 13.3. The Morgan fingerprint density at radius 1 is 1.44 bits per heavy atom. The van der Waals surface area contributed by atoms with Gasteiger partial charge in [0.25, 0.3) is 5.91 Å². The Labute approximate surface area is 117 Å². The first-order chi connectivity index (χ1) is 8.54. The molecule has 2 rings (SSSR count). The van der Waals surface area contributed by atoms with Gasteiger partial charge in [-0.3, -0.25) is 4.79 Å². The van der Waals surface area contributed by atoms with Gasteiger partial charge >= 0.3 is 0 Å². The molecule has 1 aliphatic heterocycles. The van der Waals surface area contributed by atoms with E-state index in [1.54, 1.807) is 4.90 Å². The molecule has 1 amide bonds. The molecule has 0 N–H and O–H groups in total. The molecule has 98 valence electrons. The van der Waals surface area contributed by atoms with Gasteiger partial charge in [0.2, 0.25) is 0 Å². The fourth-order valence-electron chi connectivity index (χ4n) is 2.10. The third kappa shape index (κ3) is 2.52. The van der Waals surface area contributed by atoms with E-state index in [1.165, 1.54) is 0 Å². The van der Waals surface area contributed by atoms with E-state index in [9.17, 15) is 13.6 Å². The minimum absolute atomic E-state index is 0.0376. The van der Waals surface area contributed by atoms with Crippen LogP contribution in [0, 0.1) is 11.6 Å². The zero-order valence-electron chi connectivity index (χ0n) is 9.43. The van der Waals surface area contributed by atoms with Gasteiger partial charge < -0.3 is 4.90 Å². The van der Waals surface area contributed by atoms with Gasteiger partial charge in [0.1, 0.15) is 11.6 Å². The lowest BCUT2D eigenvalue weighted by molar-refractivity contribution is 0.0745. The van der Waals surface area contributed by atoms with Crippen LogP contribution in [-0.2, 0) is 0 Å². The SMILES string of the molecule is O=C(c1cc(F)c(Cl)cc1F)N1CCCC1CBr. The van der Waals surface area contributed by atoms with E-state index in [2.05, 4.69) is 15.9 Å². The Morgan fingerprint density at radius 3 is 2.83 bits per heavy atom. The maximum atomic E-state index is 13.7. The Balaban J connectivity index is 2.31. The predicted octanol–water partition coefficient (Wildman–Crippen LogP) is 3.62. The fraction of sp³-hybridized carbons (Fsp3) is 0.417. The molecule has 2 nitrogen and oxygen atoms in total. The summed E-state index contributed by atoms with van der Waals surface area (Å²) in [7, 11) is 0. The number of hydrogen-bond acceptors (Lipinski definition) is 1. The average Bonchev–Trinajstić information content (AvgIpc) is 2.81.